The molecule has 0 spiro atoms. The summed E-state index contributed by atoms with van der Waals surface area (Å²) in [6, 6.07) is 7.07. The molecule has 5 nitrogen and oxygen atoms in total. The van der Waals surface area contributed by atoms with Gasteiger partial charge in [0.1, 0.15) is 0 Å². The normalized spacial score (nSPS) is 19.0. The van der Waals surface area contributed by atoms with E-state index in [-0.39, 0.29) is 11.8 Å². The molecule has 1 heterocycles. The van der Waals surface area contributed by atoms with E-state index in [9.17, 15) is 9.90 Å². The van der Waals surface area contributed by atoms with E-state index in [0.717, 1.165) is 24.0 Å². The third kappa shape index (κ3) is 4.52. The third-order valence-corrected chi connectivity index (χ3v) is 4.01. The number of carbonyl (C=O) groups excluding carboxylic acids is 1. The van der Waals surface area contributed by atoms with E-state index < -0.39 is 12.1 Å². The largest absolute Gasteiger partial charge is 0.389 e. The van der Waals surface area contributed by atoms with E-state index in [0.29, 0.717) is 19.8 Å². The predicted molar refractivity (Wildman–Crippen MR) is 80.4 cm³/mol. The molecule has 1 aliphatic heterocycles. The lowest BCUT2D eigenvalue weighted by atomic mass is 9.92. The van der Waals surface area contributed by atoms with Crippen molar-refractivity contribution >= 4 is 5.91 Å². The standard InChI is InChI=1S/C16H24N2O3/c1-11(19)13-4-2-12(3-5-13)10-18-16(20)15(17)14-6-8-21-9-7-14/h2-5,11,14-15,19H,6-10,17H2,1H3,(H,18,20). The molecule has 1 aliphatic rings. The van der Waals surface area contributed by atoms with Crippen LogP contribution in [0.4, 0.5) is 0 Å². The number of aliphatic hydroxyl groups excluding tert-OH is 1. The molecule has 1 fully saturated rings. The summed E-state index contributed by atoms with van der Waals surface area (Å²) in [7, 11) is 0. The predicted octanol–water partition coefficient (Wildman–Crippen LogP) is 1.11. The van der Waals surface area contributed by atoms with Crippen LogP contribution in [0.5, 0.6) is 0 Å². The second kappa shape index (κ2) is 7.54. The molecular weight excluding hydrogens is 268 g/mol. The fourth-order valence-corrected chi connectivity index (χ4v) is 2.51. The lowest BCUT2D eigenvalue weighted by Crippen LogP contribution is -2.46. The van der Waals surface area contributed by atoms with Gasteiger partial charge in [0.15, 0.2) is 0 Å². The minimum atomic E-state index is -0.476. The zero-order valence-electron chi connectivity index (χ0n) is 12.4. The second-order valence-corrected chi connectivity index (χ2v) is 5.61. The Morgan fingerprint density at radius 1 is 1.38 bits per heavy atom. The number of benzene rings is 1. The number of aliphatic hydroxyl groups is 1. The second-order valence-electron chi connectivity index (χ2n) is 5.61. The highest BCUT2D eigenvalue weighted by atomic mass is 16.5. The van der Waals surface area contributed by atoms with Crippen LogP contribution >= 0.6 is 0 Å². The Morgan fingerprint density at radius 3 is 2.57 bits per heavy atom. The lowest BCUT2D eigenvalue weighted by Gasteiger charge is -2.26. The summed E-state index contributed by atoms with van der Waals surface area (Å²) in [5.41, 5.74) is 7.88. The van der Waals surface area contributed by atoms with Crippen molar-refractivity contribution in [3.63, 3.8) is 0 Å². The molecule has 2 unspecified atom stereocenters. The van der Waals surface area contributed by atoms with Gasteiger partial charge >= 0.3 is 0 Å². The van der Waals surface area contributed by atoms with Crippen LogP contribution in [-0.4, -0.2) is 30.3 Å². The maximum absolute atomic E-state index is 12.1. The van der Waals surface area contributed by atoms with Crippen LogP contribution in [0.1, 0.15) is 37.0 Å². The molecule has 116 valence electrons. The Labute approximate surface area is 125 Å². The maximum atomic E-state index is 12.1. The molecule has 0 radical (unpaired) electrons. The summed E-state index contributed by atoms with van der Waals surface area (Å²) in [6.45, 7) is 3.55. The van der Waals surface area contributed by atoms with Crippen LogP contribution in [0.3, 0.4) is 0 Å². The number of rotatable bonds is 5. The SMILES string of the molecule is CC(O)c1ccc(CNC(=O)C(N)C2CCOCC2)cc1. The summed E-state index contributed by atoms with van der Waals surface area (Å²) in [4.78, 5) is 12.1. The third-order valence-electron chi connectivity index (χ3n) is 4.01. The van der Waals surface area contributed by atoms with Crippen LogP contribution < -0.4 is 11.1 Å². The first-order valence-electron chi connectivity index (χ1n) is 7.46. The van der Waals surface area contributed by atoms with Crippen molar-refractivity contribution in [2.45, 2.75) is 38.5 Å². The zero-order chi connectivity index (χ0) is 15.2. The van der Waals surface area contributed by atoms with Crippen molar-refractivity contribution in [2.75, 3.05) is 13.2 Å². The molecule has 0 bridgehead atoms. The number of hydrogen-bond acceptors (Lipinski definition) is 4. The number of carbonyl (C=O) groups is 1. The molecule has 1 aromatic rings. The van der Waals surface area contributed by atoms with E-state index in [2.05, 4.69) is 5.32 Å². The minimum Gasteiger partial charge on any atom is -0.389 e. The molecule has 1 amide bonds. The topological polar surface area (TPSA) is 84.6 Å². The summed E-state index contributed by atoms with van der Waals surface area (Å²) in [5, 5.41) is 12.3. The average molecular weight is 292 g/mol. The van der Waals surface area contributed by atoms with E-state index in [4.69, 9.17) is 10.5 Å². The highest BCUT2D eigenvalue weighted by Gasteiger charge is 2.26. The maximum Gasteiger partial charge on any atom is 0.237 e. The molecule has 0 saturated carbocycles. The van der Waals surface area contributed by atoms with Gasteiger partial charge in [-0.25, -0.2) is 0 Å². The fourth-order valence-electron chi connectivity index (χ4n) is 2.51. The molecule has 0 aromatic heterocycles. The highest BCUT2D eigenvalue weighted by molar-refractivity contribution is 5.81. The Hall–Kier alpha value is -1.43. The Bertz CT molecular complexity index is 453. The smallest absolute Gasteiger partial charge is 0.237 e. The molecule has 0 aliphatic carbocycles. The monoisotopic (exact) mass is 292 g/mol. The van der Waals surface area contributed by atoms with Crippen LogP contribution in [0.25, 0.3) is 0 Å². The molecule has 2 rings (SSSR count). The van der Waals surface area contributed by atoms with Crippen molar-refractivity contribution in [1.82, 2.24) is 5.32 Å². The van der Waals surface area contributed by atoms with Gasteiger partial charge in [0.25, 0.3) is 0 Å². The van der Waals surface area contributed by atoms with E-state index >= 15 is 0 Å². The van der Waals surface area contributed by atoms with Crippen LogP contribution in [0, 0.1) is 5.92 Å². The van der Waals surface area contributed by atoms with Gasteiger partial charge in [-0.05, 0) is 36.8 Å². The van der Waals surface area contributed by atoms with E-state index in [1.54, 1.807) is 6.92 Å². The highest BCUT2D eigenvalue weighted by Crippen LogP contribution is 2.18. The van der Waals surface area contributed by atoms with Crippen molar-refractivity contribution in [3.05, 3.63) is 35.4 Å². The van der Waals surface area contributed by atoms with Gasteiger partial charge in [-0.15, -0.1) is 0 Å². The van der Waals surface area contributed by atoms with Gasteiger partial charge in [-0.1, -0.05) is 24.3 Å². The summed E-state index contributed by atoms with van der Waals surface area (Å²) >= 11 is 0. The van der Waals surface area contributed by atoms with Gasteiger partial charge in [-0.2, -0.15) is 0 Å². The van der Waals surface area contributed by atoms with Gasteiger partial charge in [-0.3, -0.25) is 4.79 Å². The quantitative estimate of drug-likeness (QED) is 0.759. The van der Waals surface area contributed by atoms with Gasteiger partial charge in [0.2, 0.25) is 5.91 Å². The van der Waals surface area contributed by atoms with Gasteiger partial charge in [0.05, 0.1) is 12.1 Å². The number of nitrogens with two attached hydrogens (primary N) is 1. The summed E-state index contributed by atoms with van der Waals surface area (Å²) < 4.78 is 5.28. The Balaban J connectivity index is 1.82. The fraction of sp³-hybridized carbons (Fsp3) is 0.562. The number of hydrogen-bond donors (Lipinski definition) is 3. The summed E-state index contributed by atoms with van der Waals surface area (Å²) in [5.74, 6) is 0.0952. The van der Waals surface area contributed by atoms with Crippen LogP contribution in [0.2, 0.25) is 0 Å². The van der Waals surface area contributed by atoms with Crippen molar-refractivity contribution in [2.24, 2.45) is 11.7 Å². The minimum absolute atomic E-state index is 0.110. The number of nitrogens with one attached hydrogen (secondary N) is 1. The molecular formula is C16H24N2O3. The van der Waals surface area contributed by atoms with Crippen molar-refractivity contribution < 1.29 is 14.6 Å². The molecule has 4 N–H and O–H groups in total. The molecule has 1 aromatic carbocycles. The van der Waals surface area contributed by atoms with Crippen LogP contribution in [0.15, 0.2) is 24.3 Å². The van der Waals surface area contributed by atoms with Gasteiger partial charge in [0, 0.05) is 19.8 Å². The van der Waals surface area contributed by atoms with Gasteiger partial charge < -0.3 is 20.9 Å². The number of amides is 1. The number of ether oxygens (including phenoxy) is 1. The molecule has 5 heteroatoms. The zero-order valence-corrected chi connectivity index (χ0v) is 12.4. The average Bonchev–Trinajstić information content (AvgIpc) is 2.53. The first kappa shape index (κ1) is 15.9. The Morgan fingerprint density at radius 2 is 2.00 bits per heavy atom. The van der Waals surface area contributed by atoms with Crippen molar-refractivity contribution in [1.29, 1.82) is 0 Å². The lowest BCUT2D eigenvalue weighted by molar-refractivity contribution is -0.124. The first-order chi connectivity index (χ1) is 10.1. The molecule has 1 saturated heterocycles. The molecule has 2 atom stereocenters. The Kier molecular flexibility index (Phi) is 5.73. The molecule has 21 heavy (non-hydrogen) atoms. The first-order valence-corrected chi connectivity index (χ1v) is 7.46. The van der Waals surface area contributed by atoms with Crippen molar-refractivity contribution in [3.8, 4) is 0 Å². The van der Waals surface area contributed by atoms with Crippen LogP contribution in [-0.2, 0) is 16.1 Å². The van der Waals surface area contributed by atoms with E-state index in [1.807, 2.05) is 24.3 Å². The van der Waals surface area contributed by atoms with E-state index in [1.165, 1.54) is 0 Å². The summed E-state index contributed by atoms with van der Waals surface area (Å²) in [6.07, 6.45) is 1.21.